The van der Waals surface area contributed by atoms with Gasteiger partial charge in [-0.25, -0.2) is 4.98 Å². The van der Waals surface area contributed by atoms with Crippen molar-refractivity contribution < 1.29 is 4.74 Å². The van der Waals surface area contributed by atoms with Gasteiger partial charge >= 0.3 is 0 Å². The maximum absolute atomic E-state index is 10.2. The van der Waals surface area contributed by atoms with E-state index in [1.54, 1.807) is 0 Å². The number of aromatic nitrogens is 1. The molecule has 5 heteroatoms. The smallest absolute Gasteiger partial charge is 0.142 e. The molecule has 1 aromatic heterocycles. The Bertz CT molecular complexity index is 1570. The fraction of sp³-hybridized carbons (Fsp3) is 0.0667. The van der Waals surface area contributed by atoms with Crippen LogP contribution in [0.25, 0.3) is 33.0 Å². The van der Waals surface area contributed by atoms with Crippen LogP contribution in [0.5, 0.6) is 5.75 Å². The summed E-state index contributed by atoms with van der Waals surface area (Å²) in [6.45, 7) is 2.32. The van der Waals surface area contributed by atoms with E-state index >= 15 is 0 Å². The van der Waals surface area contributed by atoms with E-state index in [1.807, 2.05) is 85.8 Å². The van der Waals surface area contributed by atoms with Crippen LogP contribution in [-0.4, -0.2) is 4.98 Å². The first-order valence-corrected chi connectivity index (χ1v) is 12.0. The molecule has 170 valence electrons. The third kappa shape index (κ3) is 4.37. The van der Waals surface area contributed by atoms with Crippen LogP contribution in [0.1, 0.15) is 16.8 Å². The van der Waals surface area contributed by atoms with Gasteiger partial charge in [-0.05, 0) is 47.0 Å². The second-order valence-electron chi connectivity index (χ2n) is 8.26. The van der Waals surface area contributed by atoms with Crippen LogP contribution in [0.3, 0.4) is 0 Å². The molecule has 0 unspecified atom stereocenters. The van der Waals surface area contributed by atoms with Crippen molar-refractivity contribution in [2.45, 2.75) is 13.5 Å². The largest absolute Gasteiger partial charge is 0.488 e. The zero-order chi connectivity index (χ0) is 24.4. The highest BCUT2D eigenvalue weighted by atomic mass is 79.9. The minimum absolute atomic E-state index is 0.214. The Morgan fingerprint density at radius 3 is 2.31 bits per heavy atom. The number of pyridine rings is 1. The van der Waals surface area contributed by atoms with Crippen LogP contribution >= 0.6 is 15.9 Å². The Balaban J connectivity index is 1.80. The van der Waals surface area contributed by atoms with Crippen LogP contribution in [0, 0.1) is 18.3 Å². The Hall–Kier alpha value is -4.14. The molecule has 0 amide bonds. The lowest BCUT2D eigenvalue weighted by Gasteiger charge is -2.21. The molecule has 0 spiro atoms. The number of fused-ring (bicyclic) bond motifs is 1. The van der Waals surface area contributed by atoms with Crippen LogP contribution in [0.4, 0.5) is 5.82 Å². The lowest BCUT2D eigenvalue weighted by molar-refractivity contribution is 0.308. The first-order chi connectivity index (χ1) is 17.1. The number of nitriles is 1. The Labute approximate surface area is 212 Å². The monoisotopic (exact) mass is 519 g/mol. The van der Waals surface area contributed by atoms with E-state index in [0.29, 0.717) is 17.9 Å². The molecule has 5 aromatic rings. The normalized spacial score (nSPS) is 10.8. The third-order valence-electron chi connectivity index (χ3n) is 6.03. The summed E-state index contributed by atoms with van der Waals surface area (Å²) < 4.78 is 7.43. The van der Waals surface area contributed by atoms with Gasteiger partial charge < -0.3 is 10.5 Å². The second-order valence-corrected chi connectivity index (χ2v) is 9.18. The summed E-state index contributed by atoms with van der Waals surface area (Å²) in [6.07, 6.45) is 0. The molecule has 0 aliphatic carbocycles. The number of benzene rings is 4. The van der Waals surface area contributed by atoms with Gasteiger partial charge in [-0.1, -0.05) is 88.7 Å². The molecular formula is C30H22BrN3O. The van der Waals surface area contributed by atoms with Crippen molar-refractivity contribution in [3.05, 3.63) is 112 Å². The number of nitrogens with two attached hydrogens (primary N) is 1. The molecule has 0 saturated carbocycles. The van der Waals surface area contributed by atoms with Gasteiger partial charge in [0.1, 0.15) is 29.8 Å². The summed E-state index contributed by atoms with van der Waals surface area (Å²) in [7, 11) is 0. The minimum Gasteiger partial charge on any atom is -0.488 e. The quantitative estimate of drug-likeness (QED) is 0.258. The van der Waals surface area contributed by atoms with Gasteiger partial charge in [0, 0.05) is 26.9 Å². The maximum Gasteiger partial charge on any atom is 0.142 e. The lowest BCUT2D eigenvalue weighted by atomic mass is 9.87. The zero-order valence-corrected chi connectivity index (χ0v) is 20.7. The molecule has 1 heterocycles. The topological polar surface area (TPSA) is 71.9 Å². The minimum atomic E-state index is 0.214. The molecule has 0 aliphatic rings. The van der Waals surface area contributed by atoms with Gasteiger partial charge in [0.25, 0.3) is 0 Å². The summed E-state index contributed by atoms with van der Waals surface area (Å²) >= 11 is 3.48. The van der Waals surface area contributed by atoms with Crippen molar-refractivity contribution in [2.24, 2.45) is 0 Å². The molecule has 0 radical (unpaired) electrons. The molecule has 2 N–H and O–H groups in total. The van der Waals surface area contributed by atoms with Crippen molar-refractivity contribution in [3.8, 4) is 34.1 Å². The maximum atomic E-state index is 10.2. The lowest BCUT2D eigenvalue weighted by Crippen LogP contribution is -2.05. The number of halogens is 1. The number of hydrogen-bond donors (Lipinski definition) is 1. The molecule has 0 bridgehead atoms. The number of nitrogens with zero attached hydrogens (tertiary/aromatic N) is 2. The molecule has 35 heavy (non-hydrogen) atoms. The SMILES string of the molecule is Cc1nc(N)c(C#N)c(-c2c(OCc3ccc(Br)cc3)ccc3ccccc23)c1-c1ccccc1. The van der Waals surface area contributed by atoms with Crippen molar-refractivity contribution >= 4 is 32.5 Å². The van der Waals surface area contributed by atoms with Crippen molar-refractivity contribution in [1.29, 1.82) is 5.26 Å². The summed E-state index contributed by atoms with van der Waals surface area (Å²) in [4.78, 5) is 4.53. The number of aryl methyl sites for hydroxylation is 1. The highest BCUT2D eigenvalue weighted by Gasteiger charge is 2.24. The summed E-state index contributed by atoms with van der Waals surface area (Å²) in [5.74, 6) is 0.900. The zero-order valence-electron chi connectivity index (χ0n) is 19.1. The summed E-state index contributed by atoms with van der Waals surface area (Å²) in [6, 6.07) is 32.5. The highest BCUT2D eigenvalue weighted by molar-refractivity contribution is 9.10. The standard InChI is InChI=1S/C30H22BrN3O/c1-19-27(22-8-3-2-4-9-22)29(25(17-32)30(33)34-19)28-24-10-6-5-7-21(24)13-16-26(28)35-18-20-11-14-23(31)15-12-20/h2-16H,18H2,1H3,(H2,33,34). The summed E-state index contributed by atoms with van der Waals surface area (Å²) in [5, 5.41) is 12.2. The second kappa shape index (κ2) is 9.61. The van der Waals surface area contributed by atoms with E-state index in [0.717, 1.165) is 48.8 Å². The van der Waals surface area contributed by atoms with E-state index in [2.05, 4.69) is 39.1 Å². The number of hydrogen-bond acceptors (Lipinski definition) is 4. The molecule has 0 saturated heterocycles. The fourth-order valence-electron chi connectivity index (χ4n) is 4.42. The number of nitrogen functional groups attached to an aromatic ring is 1. The predicted molar refractivity (Wildman–Crippen MR) is 145 cm³/mol. The van der Waals surface area contributed by atoms with Gasteiger partial charge in [-0.3, -0.25) is 0 Å². The summed E-state index contributed by atoms with van der Waals surface area (Å²) in [5.41, 5.74) is 11.9. The van der Waals surface area contributed by atoms with Gasteiger partial charge in [0.05, 0.1) is 0 Å². The Morgan fingerprint density at radius 2 is 1.57 bits per heavy atom. The van der Waals surface area contributed by atoms with Crippen LogP contribution in [0.15, 0.2) is 95.5 Å². The van der Waals surface area contributed by atoms with Crippen LogP contribution in [0.2, 0.25) is 0 Å². The molecule has 4 nitrogen and oxygen atoms in total. The van der Waals surface area contributed by atoms with Crippen molar-refractivity contribution in [2.75, 3.05) is 5.73 Å². The Morgan fingerprint density at radius 1 is 0.857 bits per heavy atom. The van der Waals surface area contributed by atoms with Crippen molar-refractivity contribution in [3.63, 3.8) is 0 Å². The van der Waals surface area contributed by atoms with Crippen molar-refractivity contribution in [1.82, 2.24) is 4.98 Å². The number of rotatable bonds is 5. The van der Waals surface area contributed by atoms with E-state index < -0.39 is 0 Å². The molecule has 5 rings (SSSR count). The molecular weight excluding hydrogens is 498 g/mol. The van der Waals surface area contributed by atoms with Crippen LogP contribution in [-0.2, 0) is 6.61 Å². The first-order valence-electron chi connectivity index (χ1n) is 11.2. The van der Waals surface area contributed by atoms with E-state index in [1.165, 1.54) is 0 Å². The van der Waals surface area contributed by atoms with Gasteiger partial charge in [0.15, 0.2) is 0 Å². The molecule has 4 aromatic carbocycles. The highest BCUT2D eigenvalue weighted by Crippen LogP contribution is 2.46. The third-order valence-corrected chi connectivity index (χ3v) is 6.56. The van der Waals surface area contributed by atoms with E-state index in [-0.39, 0.29) is 5.82 Å². The molecule has 0 aliphatic heterocycles. The van der Waals surface area contributed by atoms with Gasteiger partial charge in [-0.2, -0.15) is 5.26 Å². The molecule has 0 fully saturated rings. The average Bonchev–Trinajstić information content (AvgIpc) is 2.88. The first kappa shape index (κ1) is 22.6. The van der Waals surface area contributed by atoms with E-state index in [9.17, 15) is 5.26 Å². The molecule has 0 atom stereocenters. The van der Waals surface area contributed by atoms with E-state index in [4.69, 9.17) is 10.5 Å². The van der Waals surface area contributed by atoms with Gasteiger partial charge in [-0.15, -0.1) is 0 Å². The average molecular weight is 520 g/mol. The number of anilines is 1. The number of ether oxygens (including phenoxy) is 1. The predicted octanol–water partition coefficient (Wildman–Crippen LogP) is 7.67. The van der Waals surface area contributed by atoms with Crippen LogP contribution < -0.4 is 10.5 Å². The Kier molecular flexibility index (Phi) is 6.22. The fourth-order valence-corrected chi connectivity index (χ4v) is 4.68. The van der Waals surface area contributed by atoms with Gasteiger partial charge in [0.2, 0.25) is 0 Å².